The van der Waals surface area contributed by atoms with Crippen LogP contribution in [0.3, 0.4) is 0 Å². The summed E-state index contributed by atoms with van der Waals surface area (Å²) in [6, 6.07) is 10.4. The third-order valence-electron chi connectivity index (χ3n) is 5.09. The quantitative estimate of drug-likeness (QED) is 0.515. The Balaban J connectivity index is 2.06. The van der Waals surface area contributed by atoms with Gasteiger partial charge in [0.25, 0.3) is 0 Å². The summed E-state index contributed by atoms with van der Waals surface area (Å²) in [6.45, 7) is 8.37. The van der Waals surface area contributed by atoms with Crippen molar-refractivity contribution in [2.24, 2.45) is 0 Å². The van der Waals surface area contributed by atoms with Gasteiger partial charge in [0.05, 0.1) is 11.4 Å². The van der Waals surface area contributed by atoms with Crippen molar-refractivity contribution in [1.82, 2.24) is 25.1 Å². The number of carbonyl (C=O) groups excluding carboxylic acids is 1. The molecule has 0 spiro atoms. The first kappa shape index (κ1) is 22.0. The summed E-state index contributed by atoms with van der Waals surface area (Å²) in [5, 5.41) is 12.7. The molecule has 6 nitrogen and oxygen atoms in total. The maximum atomic E-state index is 12.4. The second-order valence-electron chi connectivity index (χ2n) is 7.18. The van der Waals surface area contributed by atoms with Crippen molar-refractivity contribution in [3.63, 3.8) is 0 Å². The zero-order valence-corrected chi connectivity index (χ0v) is 18.9. The summed E-state index contributed by atoms with van der Waals surface area (Å²) in [7, 11) is 0. The van der Waals surface area contributed by atoms with Gasteiger partial charge in [-0.2, -0.15) is 0 Å². The van der Waals surface area contributed by atoms with Crippen LogP contribution in [-0.4, -0.2) is 37.5 Å². The van der Waals surface area contributed by atoms with Crippen LogP contribution in [0, 0.1) is 0 Å². The molecule has 1 atom stereocenters. The minimum Gasteiger partial charge on any atom is -0.353 e. The summed E-state index contributed by atoms with van der Waals surface area (Å²) in [6.07, 6.45) is 6.24. The summed E-state index contributed by atoms with van der Waals surface area (Å²) < 4.78 is 2.09. The molecule has 0 saturated carbocycles. The monoisotopic (exact) mass is 423 g/mol. The molecule has 0 aliphatic carbocycles. The van der Waals surface area contributed by atoms with Gasteiger partial charge in [-0.05, 0) is 49.4 Å². The number of hydrogen-bond acceptors (Lipinski definition) is 5. The van der Waals surface area contributed by atoms with Crippen molar-refractivity contribution < 1.29 is 4.79 Å². The van der Waals surface area contributed by atoms with Crippen molar-refractivity contribution in [1.29, 1.82) is 0 Å². The maximum absolute atomic E-state index is 12.4. The Morgan fingerprint density at radius 3 is 2.43 bits per heavy atom. The van der Waals surface area contributed by atoms with Crippen molar-refractivity contribution in [3.05, 3.63) is 53.9 Å². The van der Waals surface area contributed by atoms with Gasteiger partial charge in [-0.3, -0.25) is 14.3 Å². The highest BCUT2D eigenvalue weighted by Gasteiger charge is 2.21. The SMILES string of the molecule is CCc1cccc(CC)c1-n1c(SCC(=O)NC(C)CC)nnc1-c1cccnc1. The molecule has 1 aromatic carbocycles. The lowest BCUT2D eigenvalue weighted by Gasteiger charge is -2.18. The number of nitrogens with zero attached hydrogens (tertiary/aromatic N) is 4. The van der Waals surface area contributed by atoms with Gasteiger partial charge in [0.2, 0.25) is 5.91 Å². The summed E-state index contributed by atoms with van der Waals surface area (Å²) in [5.74, 6) is 1.04. The third kappa shape index (κ3) is 4.90. The Morgan fingerprint density at radius 2 is 1.83 bits per heavy atom. The molecule has 0 fully saturated rings. The summed E-state index contributed by atoms with van der Waals surface area (Å²) in [4.78, 5) is 16.6. The van der Waals surface area contributed by atoms with Crippen LogP contribution >= 0.6 is 11.8 Å². The van der Waals surface area contributed by atoms with Gasteiger partial charge in [0.15, 0.2) is 11.0 Å². The van der Waals surface area contributed by atoms with E-state index < -0.39 is 0 Å². The predicted octanol–water partition coefficient (Wildman–Crippen LogP) is 4.46. The second kappa shape index (κ2) is 10.4. The van der Waals surface area contributed by atoms with Crippen LogP contribution in [0.2, 0.25) is 0 Å². The number of nitrogens with one attached hydrogen (secondary N) is 1. The molecular formula is C23H29N5OS. The number of amides is 1. The van der Waals surface area contributed by atoms with E-state index >= 15 is 0 Å². The van der Waals surface area contributed by atoms with E-state index in [0.29, 0.717) is 10.9 Å². The van der Waals surface area contributed by atoms with Crippen molar-refractivity contribution in [2.75, 3.05) is 5.75 Å². The van der Waals surface area contributed by atoms with E-state index in [9.17, 15) is 4.79 Å². The van der Waals surface area contributed by atoms with E-state index in [0.717, 1.165) is 36.3 Å². The van der Waals surface area contributed by atoms with Crippen molar-refractivity contribution in [2.45, 2.75) is 58.2 Å². The minimum atomic E-state index is 0.00585. The summed E-state index contributed by atoms with van der Waals surface area (Å²) in [5.41, 5.74) is 4.46. The Morgan fingerprint density at radius 1 is 1.10 bits per heavy atom. The van der Waals surface area contributed by atoms with Crippen LogP contribution in [0.5, 0.6) is 0 Å². The van der Waals surface area contributed by atoms with Crippen LogP contribution in [0.4, 0.5) is 0 Å². The van der Waals surface area contributed by atoms with Gasteiger partial charge in [0, 0.05) is 24.0 Å². The maximum Gasteiger partial charge on any atom is 0.230 e. The molecule has 3 aromatic rings. The minimum absolute atomic E-state index is 0.00585. The van der Waals surface area contributed by atoms with Crippen LogP contribution in [0.25, 0.3) is 17.1 Å². The Hall–Kier alpha value is -2.67. The lowest BCUT2D eigenvalue weighted by atomic mass is 10.0. The molecule has 1 N–H and O–H groups in total. The van der Waals surface area contributed by atoms with Gasteiger partial charge in [-0.15, -0.1) is 10.2 Å². The van der Waals surface area contributed by atoms with E-state index in [-0.39, 0.29) is 11.9 Å². The van der Waals surface area contributed by atoms with E-state index in [1.807, 2.05) is 19.1 Å². The van der Waals surface area contributed by atoms with E-state index in [4.69, 9.17) is 0 Å². The highest BCUT2D eigenvalue weighted by molar-refractivity contribution is 7.99. The fraction of sp³-hybridized carbons (Fsp3) is 0.391. The van der Waals surface area contributed by atoms with Crippen LogP contribution < -0.4 is 5.32 Å². The molecule has 7 heteroatoms. The first-order chi connectivity index (χ1) is 14.6. The lowest BCUT2D eigenvalue weighted by Crippen LogP contribution is -2.33. The van der Waals surface area contributed by atoms with E-state index in [2.05, 4.69) is 64.0 Å². The molecule has 158 valence electrons. The van der Waals surface area contributed by atoms with Gasteiger partial charge >= 0.3 is 0 Å². The highest BCUT2D eigenvalue weighted by Crippen LogP contribution is 2.32. The Bertz CT molecular complexity index is 964. The van der Waals surface area contributed by atoms with Gasteiger partial charge in [-0.1, -0.05) is 50.7 Å². The zero-order chi connectivity index (χ0) is 21.5. The number of carbonyl (C=O) groups is 1. The molecule has 3 rings (SSSR count). The van der Waals surface area contributed by atoms with Crippen LogP contribution in [0.1, 0.15) is 45.2 Å². The standard InChI is InChI=1S/C23H29N5OS/c1-5-16(4)25-20(29)15-30-23-27-26-22(19-12-9-13-24-14-19)28(23)21-17(6-2)10-8-11-18(21)7-3/h8-14,16H,5-7,15H2,1-4H3,(H,25,29). The number of thioether (sulfide) groups is 1. The van der Waals surface area contributed by atoms with Crippen molar-refractivity contribution >= 4 is 17.7 Å². The number of rotatable bonds is 9. The zero-order valence-electron chi connectivity index (χ0n) is 18.1. The van der Waals surface area contributed by atoms with E-state index in [1.165, 1.54) is 22.9 Å². The number of aryl methyl sites for hydroxylation is 2. The van der Waals surface area contributed by atoms with Gasteiger partial charge in [-0.25, -0.2) is 0 Å². The first-order valence-corrected chi connectivity index (χ1v) is 11.5. The molecule has 1 unspecified atom stereocenters. The fourth-order valence-corrected chi connectivity index (χ4v) is 4.05. The molecule has 1 amide bonds. The molecule has 0 aliphatic heterocycles. The average molecular weight is 424 g/mol. The Labute approximate surface area is 182 Å². The molecule has 2 heterocycles. The normalized spacial score (nSPS) is 12.0. The average Bonchev–Trinajstić information content (AvgIpc) is 3.20. The number of benzene rings is 1. The molecule has 0 saturated heterocycles. The third-order valence-corrected chi connectivity index (χ3v) is 6.02. The van der Waals surface area contributed by atoms with E-state index in [1.54, 1.807) is 12.4 Å². The molecule has 2 aromatic heterocycles. The number of para-hydroxylation sites is 1. The Kier molecular flexibility index (Phi) is 7.63. The van der Waals surface area contributed by atoms with Gasteiger partial charge < -0.3 is 5.32 Å². The number of pyridine rings is 1. The van der Waals surface area contributed by atoms with Gasteiger partial charge in [0.1, 0.15) is 0 Å². The smallest absolute Gasteiger partial charge is 0.230 e. The molecule has 30 heavy (non-hydrogen) atoms. The second-order valence-corrected chi connectivity index (χ2v) is 8.12. The van der Waals surface area contributed by atoms with Crippen molar-refractivity contribution in [3.8, 4) is 17.1 Å². The number of hydrogen-bond donors (Lipinski definition) is 1. The number of aromatic nitrogens is 4. The fourth-order valence-electron chi connectivity index (χ4n) is 3.30. The largest absolute Gasteiger partial charge is 0.353 e. The van der Waals surface area contributed by atoms with Crippen LogP contribution in [0.15, 0.2) is 47.9 Å². The predicted molar refractivity (Wildman–Crippen MR) is 122 cm³/mol. The molecule has 0 bridgehead atoms. The first-order valence-electron chi connectivity index (χ1n) is 10.5. The molecule has 0 aliphatic rings. The lowest BCUT2D eigenvalue weighted by molar-refractivity contribution is -0.119. The summed E-state index contributed by atoms with van der Waals surface area (Å²) >= 11 is 1.41. The van der Waals surface area contributed by atoms with Crippen LogP contribution in [-0.2, 0) is 17.6 Å². The highest BCUT2D eigenvalue weighted by atomic mass is 32.2. The molecule has 0 radical (unpaired) electrons. The molecular weight excluding hydrogens is 394 g/mol. The topological polar surface area (TPSA) is 72.7 Å².